The summed E-state index contributed by atoms with van der Waals surface area (Å²) < 4.78 is 5.20. The van der Waals surface area contributed by atoms with E-state index in [9.17, 15) is 4.79 Å². The van der Waals surface area contributed by atoms with Crippen LogP contribution in [0.5, 0.6) is 0 Å². The van der Waals surface area contributed by atoms with Crippen LogP contribution < -0.4 is 10.6 Å². The molecule has 2 N–H and O–H groups in total. The topological polar surface area (TPSA) is 104 Å². The molecule has 0 bridgehead atoms. The normalized spacial score (nSPS) is 9.96. The molecular weight excluding hydrogens is 306 g/mol. The number of benzene rings is 1. The van der Waals surface area contributed by atoms with Crippen LogP contribution in [0.1, 0.15) is 21.8 Å². The van der Waals surface area contributed by atoms with Gasteiger partial charge in [-0.15, -0.1) is 0 Å². The molecule has 3 aromatic rings. The van der Waals surface area contributed by atoms with E-state index >= 15 is 0 Å². The summed E-state index contributed by atoms with van der Waals surface area (Å²) in [5.74, 6) is 0.917. The SMILES string of the molecule is N#Cc1cccc(NC(=O)c2cnc(NCc3ccco3)cn2)c1. The van der Waals surface area contributed by atoms with Gasteiger partial charge in [0.1, 0.15) is 17.3 Å². The third-order valence-electron chi connectivity index (χ3n) is 3.16. The van der Waals surface area contributed by atoms with Crippen molar-refractivity contribution in [3.8, 4) is 6.07 Å². The summed E-state index contributed by atoms with van der Waals surface area (Å²) in [7, 11) is 0. The number of hydrogen-bond donors (Lipinski definition) is 2. The minimum Gasteiger partial charge on any atom is -0.467 e. The monoisotopic (exact) mass is 319 g/mol. The van der Waals surface area contributed by atoms with Gasteiger partial charge >= 0.3 is 0 Å². The first-order valence-electron chi connectivity index (χ1n) is 7.14. The molecule has 0 saturated carbocycles. The smallest absolute Gasteiger partial charge is 0.275 e. The maximum atomic E-state index is 12.1. The highest BCUT2D eigenvalue weighted by atomic mass is 16.3. The first kappa shape index (κ1) is 15.2. The lowest BCUT2D eigenvalue weighted by molar-refractivity contribution is 0.102. The fraction of sp³-hybridized carbons (Fsp3) is 0.0588. The van der Waals surface area contributed by atoms with Gasteiger partial charge in [0.25, 0.3) is 5.91 Å². The molecule has 0 aliphatic carbocycles. The maximum absolute atomic E-state index is 12.1. The minimum atomic E-state index is -0.393. The maximum Gasteiger partial charge on any atom is 0.275 e. The molecule has 0 radical (unpaired) electrons. The van der Waals surface area contributed by atoms with E-state index in [0.29, 0.717) is 23.6 Å². The molecule has 0 aliphatic heterocycles. The van der Waals surface area contributed by atoms with Crippen molar-refractivity contribution in [1.29, 1.82) is 5.26 Å². The van der Waals surface area contributed by atoms with E-state index in [2.05, 4.69) is 20.6 Å². The summed E-state index contributed by atoms with van der Waals surface area (Å²) in [5, 5.41) is 14.6. The van der Waals surface area contributed by atoms with Crippen LogP contribution in [0.2, 0.25) is 0 Å². The number of amides is 1. The zero-order chi connectivity index (χ0) is 16.8. The molecule has 24 heavy (non-hydrogen) atoms. The lowest BCUT2D eigenvalue weighted by atomic mass is 10.2. The van der Waals surface area contributed by atoms with E-state index in [1.807, 2.05) is 12.1 Å². The molecular formula is C17H13N5O2. The second-order valence-corrected chi connectivity index (χ2v) is 4.87. The molecule has 0 aliphatic rings. The predicted molar refractivity (Wildman–Crippen MR) is 87.2 cm³/mol. The number of nitrogens with one attached hydrogen (secondary N) is 2. The number of hydrogen-bond acceptors (Lipinski definition) is 6. The van der Waals surface area contributed by atoms with Crippen molar-refractivity contribution in [2.75, 3.05) is 10.6 Å². The summed E-state index contributed by atoms with van der Waals surface area (Å²) >= 11 is 0. The second kappa shape index (κ2) is 7.07. The van der Waals surface area contributed by atoms with Crippen molar-refractivity contribution in [3.63, 3.8) is 0 Å². The average molecular weight is 319 g/mol. The number of carbonyl (C=O) groups excluding carboxylic acids is 1. The highest BCUT2D eigenvalue weighted by Gasteiger charge is 2.09. The molecule has 0 fully saturated rings. The zero-order valence-electron chi connectivity index (χ0n) is 12.6. The Hall–Kier alpha value is -3.66. The summed E-state index contributed by atoms with van der Waals surface area (Å²) in [5.41, 5.74) is 1.18. The van der Waals surface area contributed by atoms with Crippen LogP contribution in [0, 0.1) is 11.3 Å². The van der Waals surface area contributed by atoms with Crippen molar-refractivity contribution in [1.82, 2.24) is 9.97 Å². The number of furan rings is 1. The third-order valence-corrected chi connectivity index (χ3v) is 3.16. The highest BCUT2D eigenvalue weighted by Crippen LogP contribution is 2.11. The molecule has 0 atom stereocenters. The zero-order valence-corrected chi connectivity index (χ0v) is 12.6. The summed E-state index contributed by atoms with van der Waals surface area (Å²) in [6.45, 7) is 0.480. The largest absolute Gasteiger partial charge is 0.467 e. The first-order chi connectivity index (χ1) is 11.7. The predicted octanol–water partition coefficient (Wildman–Crippen LogP) is 2.81. The summed E-state index contributed by atoms with van der Waals surface area (Å²) in [6.07, 6.45) is 4.45. The molecule has 0 spiro atoms. The molecule has 7 nitrogen and oxygen atoms in total. The van der Waals surface area contributed by atoms with Crippen LogP contribution in [-0.4, -0.2) is 15.9 Å². The van der Waals surface area contributed by atoms with Crippen LogP contribution in [0.4, 0.5) is 11.5 Å². The van der Waals surface area contributed by atoms with Gasteiger partial charge in [-0.1, -0.05) is 6.07 Å². The Morgan fingerprint density at radius 1 is 1.21 bits per heavy atom. The van der Waals surface area contributed by atoms with Crippen molar-refractivity contribution in [3.05, 3.63) is 72.1 Å². The number of rotatable bonds is 5. The Kier molecular flexibility index (Phi) is 4.49. The van der Waals surface area contributed by atoms with Gasteiger partial charge in [-0.05, 0) is 30.3 Å². The Morgan fingerprint density at radius 2 is 2.12 bits per heavy atom. The van der Waals surface area contributed by atoms with Gasteiger partial charge in [-0.2, -0.15) is 5.26 Å². The van der Waals surface area contributed by atoms with Crippen molar-refractivity contribution in [2.45, 2.75) is 6.54 Å². The van der Waals surface area contributed by atoms with E-state index in [1.54, 1.807) is 36.6 Å². The Balaban J connectivity index is 1.62. The highest BCUT2D eigenvalue weighted by molar-refractivity contribution is 6.02. The molecule has 7 heteroatoms. The standard InChI is InChI=1S/C17H13N5O2/c18-8-12-3-1-4-13(7-12)22-17(23)15-10-21-16(11-19-15)20-9-14-5-2-6-24-14/h1-7,10-11H,9H2,(H,20,21)(H,22,23). The van der Waals surface area contributed by atoms with Crippen molar-refractivity contribution in [2.24, 2.45) is 0 Å². The first-order valence-corrected chi connectivity index (χ1v) is 7.14. The number of anilines is 2. The van der Waals surface area contributed by atoms with E-state index in [0.717, 1.165) is 5.76 Å². The van der Waals surface area contributed by atoms with E-state index < -0.39 is 5.91 Å². The van der Waals surface area contributed by atoms with Gasteiger partial charge in [0.15, 0.2) is 0 Å². The van der Waals surface area contributed by atoms with Gasteiger partial charge in [-0.25, -0.2) is 9.97 Å². The molecule has 0 saturated heterocycles. The van der Waals surface area contributed by atoms with Crippen LogP contribution in [0.25, 0.3) is 0 Å². The lowest BCUT2D eigenvalue weighted by Crippen LogP contribution is -2.14. The van der Waals surface area contributed by atoms with E-state index in [4.69, 9.17) is 9.68 Å². The third kappa shape index (κ3) is 3.75. The Morgan fingerprint density at radius 3 is 2.83 bits per heavy atom. The van der Waals surface area contributed by atoms with Crippen molar-refractivity contribution >= 4 is 17.4 Å². The molecule has 3 rings (SSSR count). The quantitative estimate of drug-likeness (QED) is 0.749. The van der Waals surface area contributed by atoms with Crippen LogP contribution in [-0.2, 0) is 6.54 Å². The Bertz CT molecular complexity index is 867. The molecule has 0 unspecified atom stereocenters. The van der Waals surface area contributed by atoms with Gasteiger partial charge < -0.3 is 15.1 Å². The molecule has 118 valence electrons. The molecule has 1 aromatic carbocycles. The average Bonchev–Trinajstić information content (AvgIpc) is 3.14. The van der Waals surface area contributed by atoms with Crippen LogP contribution in [0.15, 0.2) is 59.5 Å². The fourth-order valence-corrected chi connectivity index (χ4v) is 1.99. The number of carbonyl (C=O) groups is 1. The minimum absolute atomic E-state index is 0.181. The lowest BCUT2D eigenvalue weighted by Gasteiger charge is -2.06. The number of nitriles is 1. The number of aromatic nitrogens is 2. The van der Waals surface area contributed by atoms with Gasteiger partial charge in [0.05, 0.1) is 36.8 Å². The number of nitrogens with zero attached hydrogens (tertiary/aromatic N) is 3. The van der Waals surface area contributed by atoms with Crippen molar-refractivity contribution < 1.29 is 9.21 Å². The molecule has 1 amide bonds. The fourth-order valence-electron chi connectivity index (χ4n) is 1.99. The Labute approximate surface area is 138 Å². The van der Waals surface area contributed by atoms with E-state index in [1.165, 1.54) is 12.4 Å². The second-order valence-electron chi connectivity index (χ2n) is 4.87. The van der Waals surface area contributed by atoms with Gasteiger partial charge in [0, 0.05) is 5.69 Å². The molecule has 2 aromatic heterocycles. The summed E-state index contributed by atoms with van der Waals surface area (Å²) in [6, 6.07) is 12.3. The van der Waals surface area contributed by atoms with Crippen LogP contribution >= 0.6 is 0 Å². The van der Waals surface area contributed by atoms with Crippen LogP contribution in [0.3, 0.4) is 0 Å². The molecule has 2 heterocycles. The van der Waals surface area contributed by atoms with Gasteiger partial charge in [-0.3, -0.25) is 4.79 Å². The van der Waals surface area contributed by atoms with Gasteiger partial charge in [0.2, 0.25) is 0 Å². The van der Waals surface area contributed by atoms with E-state index in [-0.39, 0.29) is 5.69 Å². The summed E-state index contributed by atoms with van der Waals surface area (Å²) in [4.78, 5) is 20.4.